The van der Waals surface area contributed by atoms with Crippen molar-refractivity contribution in [3.63, 3.8) is 0 Å². The molecular weight excluding hydrogens is 240 g/mol. The smallest absolute Gasteiger partial charge is 0.337 e. The van der Waals surface area contributed by atoms with E-state index in [1.54, 1.807) is 19.1 Å². The van der Waals surface area contributed by atoms with Gasteiger partial charge >= 0.3 is 5.97 Å². The molecule has 0 amide bonds. The fourth-order valence-corrected chi connectivity index (χ4v) is 3.08. The van der Waals surface area contributed by atoms with E-state index in [0.29, 0.717) is 17.7 Å². The van der Waals surface area contributed by atoms with Crippen LogP contribution in [0.5, 0.6) is 0 Å². The summed E-state index contributed by atoms with van der Waals surface area (Å²) in [6, 6.07) is 3.85. The highest BCUT2D eigenvalue weighted by Crippen LogP contribution is 2.35. The lowest BCUT2D eigenvalue weighted by atomic mass is 9.93. The summed E-state index contributed by atoms with van der Waals surface area (Å²) in [6.45, 7) is 6.27. The van der Waals surface area contributed by atoms with Gasteiger partial charge in [-0.2, -0.15) is 0 Å². The van der Waals surface area contributed by atoms with Gasteiger partial charge in [0.2, 0.25) is 0 Å². The summed E-state index contributed by atoms with van der Waals surface area (Å²) in [5.41, 5.74) is 0.839. The number of pyridine rings is 1. The Bertz CT molecular complexity index is 473. The van der Waals surface area contributed by atoms with Crippen LogP contribution in [0.3, 0.4) is 0 Å². The Kier molecular flexibility index (Phi) is 4.08. The van der Waals surface area contributed by atoms with Crippen LogP contribution >= 0.6 is 0 Å². The number of hydrogen-bond acceptors (Lipinski definition) is 3. The minimum absolute atomic E-state index is 0.274. The van der Waals surface area contributed by atoms with Crippen LogP contribution in [0.15, 0.2) is 12.1 Å². The maximum absolute atomic E-state index is 11.0. The van der Waals surface area contributed by atoms with Crippen LogP contribution in [0.2, 0.25) is 0 Å². The number of nitrogens with one attached hydrogen (secondary N) is 1. The fourth-order valence-electron chi connectivity index (χ4n) is 3.08. The molecular formula is C15H22N2O2. The maximum atomic E-state index is 11.0. The van der Waals surface area contributed by atoms with E-state index in [9.17, 15) is 4.79 Å². The summed E-state index contributed by atoms with van der Waals surface area (Å²) in [6.07, 6.45) is 3.66. The summed E-state index contributed by atoms with van der Waals surface area (Å²) in [4.78, 5) is 15.3. The zero-order chi connectivity index (χ0) is 14.0. The summed E-state index contributed by atoms with van der Waals surface area (Å²) in [7, 11) is 0. The van der Waals surface area contributed by atoms with Crippen molar-refractivity contribution in [2.45, 2.75) is 46.1 Å². The van der Waals surface area contributed by atoms with E-state index >= 15 is 0 Å². The Morgan fingerprint density at radius 1 is 1.47 bits per heavy atom. The van der Waals surface area contributed by atoms with Gasteiger partial charge in [0.15, 0.2) is 0 Å². The second kappa shape index (κ2) is 5.59. The third-order valence-corrected chi connectivity index (χ3v) is 4.40. The molecule has 1 saturated carbocycles. The maximum Gasteiger partial charge on any atom is 0.337 e. The highest BCUT2D eigenvalue weighted by atomic mass is 16.4. The molecule has 0 aliphatic heterocycles. The van der Waals surface area contributed by atoms with Crippen molar-refractivity contribution in [3.8, 4) is 0 Å². The highest BCUT2D eigenvalue weighted by Gasteiger charge is 2.31. The summed E-state index contributed by atoms with van der Waals surface area (Å²) < 4.78 is 0. The monoisotopic (exact) mass is 262 g/mol. The molecule has 4 heteroatoms. The summed E-state index contributed by atoms with van der Waals surface area (Å²) in [5, 5.41) is 12.4. The Balaban J connectivity index is 2.08. The molecule has 0 aromatic carbocycles. The van der Waals surface area contributed by atoms with Gasteiger partial charge in [-0.25, -0.2) is 9.78 Å². The van der Waals surface area contributed by atoms with Crippen molar-refractivity contribution < 1.29 is 9.90 Å². The Morgan fingerprint density at radius 2 is 2.21 bits per heavy atom. The highest BCUT2D eigenvalue weighted by molar-refractivity contribution is 5.89. The Hall–Kier alpha value is -1.58. The first-order chi connectivity index (χ1) is 9.02. The van der Waals surface area contributed by atoms with Crippen molar-refractivity contribution in [2.75, 3.05) is 5.32 Å². The molecule has 0 spiro atoms. The molecule has 1 heterocycles. The molecule has 3 unspecified atom stereocenters. The summed E-state index contributed by atoms with van der Waals surface area (Å²) >= 11 is 0. The average Bonchev–Trinajstić information content (AvgIpc) is 2.70. The van der Waals surface area contributed by atoms with Crippen molar-refractivity contribution in [1.29, 1.82) is 0 Å². The predicted octanol–water partition coefficient (Wildman–Crippen LogP) is 3.32. The molecule has 0 bridgehead atoms. The molecule has 3 atom stereocenters. The van der Waals surface area contributed by atoms with E-state index < -0.39 is 5.97 Å². The zero-order valence-corrected chi connectivity index (χ0v) is 11.8. The number of nitrogens with zero attached hydrogens (tertiary/aromatic N) is 1. The number of rotatable bonds is 4. The van der Waals surface area contributed by atoms with Gasteiger partial charge in [0.25, 0.3) is 0 Å². The van der Waals surface area contributed by atoms with Crippen LogP contribution < -0.4 is 5.32 Å². The van der Waals surface area contributed by atoms with Crippen LogP contribution in [0, 0.1) is 18.8 Å². The van der Waals surface area contributed by atoms with Gasteiger partial charge in [0, 0.05) is 6.04 Å². The van der Waals surface area contributed by atoms with Gasteiger partial charge in [0.1, 0.15) is 5.82 Å². The first-order valence-electron chi connectivity index (χ1n) is 7.00. The first-order valence-corrected chi connectivity index (χ1v) is 7.00. The van der Waals surface area contributed by atoms with Crippen LogP contribution in [-0.2, 0) is 0 Å². The normalized spacial score (nSPS) is 26.4. The van der Waals surface area contributed by atoms with Crippen LogP contribution in [0.1, 0.15) is 49.2 Å². The minimum Gasteiger partial charge on any atom is -0.478 e. The number of aromatic nitrogens is 1. The lowest BCUT2D eigenvalue weighted by Crippen LogP contribution is -2.25. The van der Waals surface area contributed by atoms with Crippen molar-refractivity contribution in [1.82, 2.24) is 4.98 Å². The molecule has 19 heavy (non-hydrogen) atoms. The SMILES string of the molecule is CCC1CCC(Nc2ccc(C(=O)O)c(C)n2)C1C. The van der Waals surface area contributed by atoms with Gasteiger partial charge in [-0.15, -0.1) is 0 Å². The summed E-state index contributed by atoms with van der Waals surface area (Å²) in [5.74, 6) is 1.30. The molecule has 0 radical (unpaired) electrons. The predicted molar refractivity (Wildman–Crippen MR) is 75.5 cm³/mol. The molecule has 1 fully saturated rings. The van der Waals surface area contributed by atoms with E-state index in [0.717, 1.165) is 11.7 Å². The van der Waals surface area contributed by atoms with Gasteiger partial charge < -0.3 is 10.4 Å². The number of aryl methyl sites for hydroxylation is 1. The second-order valence-corrected chi connectivity index (χ2v) is 5.49. The Labute approximate surface area is 114 Å². The van der Waals surface area contributed by atoms with E-state index in [2.05, 4.69) is 24.1 Å². The molecule has 2 rings (SSSR count). The topological polar surface area (TPSA) is 62.2 Å². The molecule has 1 aromatic rings. The lowest BCUT2D eigenvalue weighted by molar-refractivity contribution is 0.0695. The number of anilines is 1. The van der Waals surface area contributed by atoms with Gasteiger partial charge in [0.05, 0.1) is 11.3 Å². The largest absolute Gasteiger partial charge is 0.478 e. The lowest BCUT2D eigenvalue weighted by Gasteiger charge is -2.21. The van der Waals surface area contributed by atoms with Gasteiger partial charge in [-0.3, -0.25) is 0 Å². The number of carboxylic acid groups (broad SMARTS) is 1. The molecule has 104 valence electrons. The molecule has 1 aliphatic carbocycles. The number of carbonyl (C=O) groups is 1. The van der Waals surface area contributed by atoms with Crippen molar-refractivity contribution in [2.24, 2.45) is 11.8 Å². The van der Waals surface area contributed by atoms with Crippen LogP contribution in [0.4, 0.5) is 5.82 Å². The van der Waals surface area contributed by atoms with E-state index in [1.165, 1.54) is 19.3 Å². The van der Waals surface area contributed by atoms with Gasteiger partial charge in [-0.1, -0.05) is 20.3 Å². The molecule has 1 aliphatic rings. The molecule has 0 saturated heterocycles. The fraction of sp³-hybridized carbons (Fsp3) is 0.600. The van der Waals surface area contributed by atoms with E-state index in [4.69, 9.17) is 5.11 Å². The zero-order valence-electron chi connectivity index (χ0n) is 11.8. The van der Waals surface area contributed by atoms with Gasteiger partial charge in [-0.05, 0) is 43.7 Å². The molecule has 4 nitrogen and oxygen atoms in total. The average molecular weight is 262 g/mol. The third-order valence-electron chi connectivity index (χ3n) is 4.40. The minimum atomic E-state index is -0.920. The standard InChI is InChI=1S/C15H22N2O2/c1-4-11-5-7-13(9(11)2)17-14-8-6-12(15(18)19)10(3)16-14/h6,8-9,11,13H,4-5,7H2,1-3H3,(H,16,17)(H,18,19). The van der Waals surface area contributed by atoms with E-state index in [1.807, 2.05) is 0 Å². The van der Waals surface area contributed by atoms with Crippen LogP contribution in [0.25, 0.3) is 0 Å². The quantitative estimate of drug-likeness (QED) is 0.873. The van der Waals surface area contributed by atoms with Crippen molar-refractivity contribution >= 4 is 11.8 Å². The first kappa shape index (κ1) is 13.8. The number of hydrogen-bond donors (Lipinski definition) is 2. The molecule has 1 aromatic heterocycles. The Morgan fingerprint density at radius 3 is 2.74 bits per heavy atom. The van der Waals surface area contributed by atoms with E-state index in [-0.39, 0.29) is 5.56 Å². The second-order valence-electron chi connectivity index (χ2n) is 5.49. The van der Waals surface area contributed by atoms with Crippen molar-refractivity contribution in [3.05, 3.63) is 23.4 Å². The van der Waals surface area contributed by atoms with Crippen LogP contribution in [-0.4, -0.2) is 22.1 Å². The molecule has 2 N–H and O–H groups in total. The number of aromatic carboxylic acids is 1. The number of carboxylic acids is 1. The third kappa shape index (κ3) is 2.88.